The summed E-state index contributed by atoms with van der Waals surface area (Å²) in [5.41, 5.74) is 1.04. The number of aromatic nitrogens is 2. The molecule has 1 aromatic carbocycles. The van der Waals surface area contributed by atoms with Crippen LogP contribution in [0.2, 0.25) is 0 Å². The summed E-state index contributed by atoms with van der Waals surface area (Å²) < 4.78 is 0. The molecule has 1 aromatic heterocycles. The highest BCUT2D eigenvalue weighted by atomic mass is 32.2. The SMILES string of the molecule is Cc1nc(SCC(C)C)c2ccccc2n1. The predicted molar refractivity (Wildman–Crippen MR) is 69.8 cm³/mol. The number of benzene rings is 1. The van der Waals surface area contributed by atoms with E-state index in [0.29, 0.717) is 5.92 Å². The fraction of sp³-hybridized carbons (Fsp3) is 0.385. The lowest BCUT2D eigenvalue weighted by Crippen LogP contribution is -1.96. The number of rotatable bonds is 3. The first-order valence-electron chi connectivity index (χ1n) is 5.53. The molecule has 0 radical (unpaired) electrons. The van der Waals surface area contributed by atoms with E-state index >= 15 is 0 Å². The van der Waals surface area contributed by atoms with E-state index in [1.165, 1.54) is 5.39 Å². The van der Waals surface area contributed by atoms with Crippen molar-refractivity contribution in [1.29, 1.82) is 0 Å². The molecule has 0 N–H and O–H groups in total. The Bertz CT molecular complexity index is 494. The van der Waals surface area contributed by atoms with Crippen LogP contribution < -0.4 is 0 Å². The van der Waals surface area contributed by atoms with Crippen molar-refractivity contribution in [3.05, 3.63) is 30.1 Å². The standard InChI is InChI=1S/C13H16N2S/c1-9(2)8-16-13-11-6-4-5-7-12(11)14-10(3)15-13/h4-7,9H,8H2,1-3H3. The van der Waals surface area contributed by atoms with E-state index in [9.17, 15) is 0 Å². The monoisotopic (exact) mass is 232 g/mol. The van der Waals surface area contributed by atoms with E-state index in [-0.39, 0.29) is 0 Å². The Labute approximate surface area is 101 Å². The van der Waals surface area contributed by atoms with Crippen molar-refractivity contribution >= 4 is 22.7 Å². The quantitative estimate of drug-likeness (QED) is 0.596. The summed E-state index contributed by atoms with van der Waals surface area (Å²) in [5, 5.41) is 2.27. The third kappa shape index (κ3) is 2.53. The fourth-order valence-electron chi connectivity index (χ4n) is 1.51. The first-order chi connectivity index (χ1) is 7.66. The van der Waals surface area contributed by atoms with Crippen LogP contribution in [0, 0.1) is 12.8 Å². The number of fused-ring (bicyclic) bond motifs is 1. The Kier molecular flexibility index (Phi) is 3.44. The Balaban J connectivity index is 2.42. The van der Waals surface area contributed by atoms with Crippen LogP contribution in [0.5, 0.6) is 0 Å². The van der Waals surface area contributed by atoms with Gasteiger partial charge in [-0.2, -0.15) is 0 Å². The van der Waals surface area contributed by atoms with E-state index in [0.717, 1.165) is 22.1 Å². The molecule has 0 amide bonds. The van der Waals surface area contributed by atoms with Crippen molar-refractivity contribution in [3.63, 3.8) is 0 Å². The van der Waals surface area contributed by atoms with Crippen molar-refractivity contribution in [2.45, 2.75) is 25.8 Å². The summed E-state index contributed by atoms with van der Waals surface area (Å²) in [5.74, 6) is 2.63. The van der Waals surface area contributed by atoms with Gasteiger partial charge >= 0.3 is 0 Å². The number of aryl methyl sites for hydroxylation is 1. The first-order valence-corrected chi connectivity index (χ1v) is 6.51. The molecular formula is C13H16N2S. The van der Waals surface area contributed by atoms with Gasteiger partial charge in [-0.05, 0) is 18.9 Å². The minimum atomic E-state index is 0.680. The molecule has 2 rings (SSSR count). The van der Waals surface area contributed by atoms with Gasteiger partial charge in [-0.25, -0.2) is 9.97 Å². The molecule has 16 heavy (non-hydrogen) atoms. The molecule has 0 aliphatic rings. The van der Waals surface area contributed by atoms with E-state index in [1.807, 2.05) is 36.9 Å². The molecule has 84 valence electrons. The highest BCUT2D eigenvalue weighted by Gasteiger charge is 2.06. The number of thioether (sulfide) groups is 1. The average molecular weight is 232 g/mol. The van der Waals surface area contributed by atoms with Crippen molar-refractivity contribution in [2.24, 2.45) is 5.92 Å². The summed E-state index contributed by atoms with van der Waals surface area (Å²) >= 11 is 1.82. The Morgan fingerprint density at radius 1 is 1.19 bits per heavy atom. The zero-order valence-electron chi connectivity index (χ0n) is 9.90. The molecule has 0 aliphatic heterocycles. The van der Waals surface area contributed by atoms with Crippen LogP contribution in [0.3, 0.4) is 0 Å². The number of para-hydroxylation sites is 1. The Hall–Kier alpha value is -1.09. The van der Waals surface area contributed by atoms with E-state index in [1.54, 1.807) is 0 Å². The van der Waals surface area contributed by atoms with Crippen LogP contribution in [0.25, 0.3) is 10.9 Å². The molecule has 1 heterocycles. The van der Waals surface area contributed by atoms with Gasteiger partial charge in [0.05, 0.1) is 5.52 Å². The zero-order chi connectivity index (χ0) is 11.5. The van der Waals surface area contributed by atoms with E-state index in [4.69, 9.17) is 0 Å². The van der Waals surface area contributed by atoms with E-state index in [2.05, 4.69) is 29.9 Å². The first kappa shape index (κ1) is 11.4. The van der Waals surface area contributed by atoms with Gasteiger partial charge in [0.1, 0.15) is 10.9 Å². The van der Waals surface area contributed by atoms with Gasteiger partial charge in [-0.1, -0.05) is 32.0 Å². The molecule has 0 fully saturated rings. The molecular weight excluding hydrogens is 216 g/mol. The van der Waals surface area contributed by atoms with Crippen LogP contribution in [-0.2, 0) is 0 Å². The second-order valence-corrected chi connectivity index (χ2v) is 5.31. The number of hydrogen-bond donors (Lipinski definition) is 0. The lowest BCUT2D eigenvalue weighted by atomic mass is 10.2. The average Bonchev–Trinajstić information content (AvgIpc) is 2.25. The molecule has 0 aliphatic carbocycles. The predicted octanol–water partition coefficient (Wildman–Crippen LogP) is 3.69. The van der Waals surface area contributed by atoms with Crippen molar-refractivity contribution in [3.8, 4) is 0 Å². The third-order valence-electron chi connectivity index (χ3n) is 2.23. The maximum Gasteiger partial charge on any atom is 0.127 e. The number of nitrogens with zero attached hydrogens (tertiary/aromatic N) is 2. The van der Waals surface area contributed by atoms with Crippen molar-refractivity contribution in [1.82, 2.24) is 9.97 Å². The topological polar surface area (TPSA) is 25.8 Å². The second kappa shape index (κ2) is 4.83. The van der Waals surface area contributed by atoms with Crippen molar-refractivity contribution in [2.75, 3.05) is 5.75 Å². The van der Waals surface area contributed by atoms with E-state index < -0.39 is 0 Å². The van der Waals surface area contributed by atoms with Gasteiger partial charge in [0.25, 0.3) is 0 Å². The largest absolute Gasteiger partial charge is 0.233 e. The lowest BCUT2D eigenvalue weighted by Gasteiger charge is -2.07. The Morgan fingerprint density at radius 3 is 2.69 bits per heavy atom. The normalized spacial score (nSPS) is 11.2. The molecule has 0 atom stereocenters. The summed E-state index contributed by atoms with van der Waals surface area (Å²) in [7, 11) is 0. The molecule has 0 unspecified atom stereocenters. The van der Waals surface area contributed by atoms with Gasteiger partial charge in [0.2, 0.25) is 0 Å². The lowest BCUT2D eigenvalue weighted by molar-refractivity contribution is 0.749. The van der Waals surface area contributed by atoms with Gasteiger partial charge in [-0.3, -0.25) is 0 Å². The molecule has 0 saturated carbocycles. The number of hydrogen-bond acceptors (Lipinski definition) is 3. The van der Waals surface area contributed by atoms with Crippen LogP contribution in [0.15, 0.2) is 29.3 Å². The highest BCUT2D eigenvalue weighted by Crippen LogP contribution is 2.26. The van der Waals surface area contributed by atoms with Crippen LogP contribution >= 0.6 is 11.8 Å². The van der Waals surface area contributed by atoms with Crippen LogP contribution in [-0.4, -0.2) is 15.7 Å². The minimum Gasteiger partial charge on any atom is -0.233 e. The summed E-state index contributed by atoms with van der Waals surface area (Å²) in [4.78, 5) is 8.96. The second-order valence-electron chi connectivity index (χ2n) is 4.30. The Morgan fingerprint density at radius 2 is 1.94 bits per heavy atom. The molecule has 3 heteroatoms. The molecule has 0 saturated heterocycles. The fourth-order valence-corrected chi connectivity index (χ4v) is 2.53. The van der Waals surface area contributed by atoms with Crippen LogP contribution in [0.4, 0.5) is 0 Å². The summed E-state index contributed by atoms with van der Waals surface area (Å²) in [6, 6.07) is 8.20. The van der Waals surface area contributed by atoms with Gasteiger partial charge in [0.15, 0.2) is 0 Å². The van der Waals surface area contributed by atoms with Gasteiger partial charge < -0.3 is 0 Å². The summed E-state index contributed by atoms with van der Waals surface area (Å²) in [6.07, 6.45) is 0. The molecule has 2 aromatic rings. The highest BCUT2D eigenvalue weighted by molar-refractivity contribution is 7.99. The maximum atomic E-state index is 4.53. The van der Waals surface area contributed by atoms with Crippen LogP contribution in [0.1, 0.15) is 19.7 Å². The molecule has 0 spiro atoms. The molecule has 2 nitrogen and oxygen atoms in total. The molecule has 0 bridgehead atoms. The van der Waals surface area contributed by atoms with Gasteiger partial charge in [0, 0.05) is 11.1 Å². The maximum absolute atomic E-state index is 4.53. The zero-order valence-corrected chi connectivity index (χ0v) is 10.7. The smallest absolute Gasteiger partial charge is 0.127 e. The van der Waals surface area contributed by atoms with Crippen molar-refractivity contribution < 1.29 is 0 Å². The minimum absolute atomic E-state index is 0.680. The third-order valence-corrected chi connectivity index (χ3v) is 3.65. The summed E-state index contributed by atoms with van der Waals surface area (Å²) in [6.45, 7) is 6.40. The van der Waals surface area contributed by atoms with Gasteiger partial charge in [-0.15, -0.1) is 11.8 Å².